The van der Waals surface area contributed by atoms with Crippen molar-refractivity contribution in [3.8, 4) is 17.2 Å². The van der Waals surface area contributed by atoms with E-state index in [1.807, 2.05) is 36.4 Å². The summed E-state index contributed by atoms with van der Waals surface area (Å²) in [7, 11) is 1.67. The third-order valence-electron chi connectivity index (χ3n) is 5.85. The number of nitrogens with one attached hydrogen (secondary N) is 1. The zero-order chi connectivity index (χ0) is 21.5. The van der Waals surface area contributed by atoms with Gasteiger partial charge >= 0.3 is 0 Å². The Morgan fingerprint density at radius 1 is 1.00 bits per heavy atom. The number of benzene rings is 2. The zero-order valence-electron chi connectivity index (χ0n) is 18.8. The van der Waals surface area contributed by atoms with E-state index in [9.17, 15) is 0 Å². The minimum atomic E-state index is 0. The van der Waals surface area contributed by atoms with Gasteiger partial charge in [-0.15, -0.1) is 17.5 Å². The van der Waals surface area contributed by atoms with Gasteiger partial charge in [-0.1, -0.05) is 49.4 Å². The second-order valence-corrected chi connectivity index (χ2v) is 8.19. The number of aryl methyl sites for hydroxylation is 1. The van der Waals surface area contributed by atoms with E-state index in [1.54, 1.807) is 11.8 Å². The lowest BCUT2D eigenvalue weighted by Crippen LogP contribution is -2.27. The molecule has 172 valence electrons. The standard InChI is InChI=1S/C24H31N5O2.ClH/c1-18-9-12-21(13-10-18)29-24(26-27-28-29)17-31-22-14-11-19(15-23(22)30-2)16-25-20-7-5-3-4-6-8-20;/h9-15,20,25H,3-8,16-17H2,1-2H3;1H. The van der Waals surface area contributed by atoms with Crippen LogP contribution in [0.4, 0.5) is 0 Å². The van der Waals surface area contributed by atoms with Crippen LogP contribution in [-0.4, -0.2) is 33.4 Å². The zero-order valence-corrected chi connectivity index (χ0v) is 19.6. The maximum atomic E-state index is 6.02. The summed E-state index contributed by atoms with van der Waals surface area (Å²) in [6, 6.07) is 14.8. The molecule has 1 N–H and O–H groups in total. The van der Waals surface area contributed by atoms with Gasteiger partial charge in [0.2, 0.25) is 0 Å². The molecule has 0 aliphatic heterocycles. The highest BCUT2D eigenvalue weighted by molar-refractivity contribution is 5.85. The number of rotatable bonds is 8. The van der Waals surface area contributed by atoms with Crippen LogP contribution in [0, 0.1) is 6.92 Å². The quantitative estimate of drug-likeness (QED) is 0.490. The Hall–Kier alpha value is -2.64. The average molecular weight is 458 g/mol. The van der Waals surface area contributed by atoms with Crippen molar-refractivity contribution in [2.24, 2.45) is 0 Å². The maximum Gasteiger partial charge on any atom is 0.194 e. The summed E-state index contributed by atoms with van der Waals surface area (Å²) < 4.78 is 13.3. The number of aromatic nitrogens is 4. The van der Waals surface area contributed by atoms with Gasteiger partial charge in [0, 0.05) is 12.6 Å². The van der Waals surface area contributed by atoms with E-state index in [-0.39, 0.29) is 19.0 Å². The first-order valence-electron chi connectivity index (χ1n) is 11.1. The Labute approximate surface area is 195 Å². The molecule has 1 aliphatic rings. The normalized spacial score (nSPS) is 14.4. The lowest BCUT2D eigenvalue weighted by atomic mass is 10.1. The number of halogens is 1. The molecular formula is C24H32ClN5O2. The van der Waals surface area contributed by atoms with Crippen LogP contribution >= 0.6 is 12.4 Å². The van der Waals surface area contributed by atoms with E-state index < -0.39 is 0 Å². The number of tetrazole rings is 1. The highest BCUT2D eigenvalue weighted by Gasteiger charge is 2.14. The van der Waals surface area contributed by atoms with Gasteiger partial charge in [0.25, 0.3) is 0 Å². The van der Waals surface area contributed by atoms with E-state index in [0.29, 0.717) is 17.6 Å². The van der Waals surface area contributed by atoms with Crippen LogP contribution in [0.1, 0.15) is 55.5 Å². The fraction of sp³-hybridized carbons (Fsp3) is 0.458. The van der Waals surface area contributed by atoms with Crippen molar-refractivity contribution in [3.63, 3.8) is 0 Å². The van der Waals surface area contributed by atoms with Gasteiger partial charge in [0.05, 0.1) is 12.8 Å². The molecule has 8 heteroatoms. The van der Waals surface area contributed by atoms with E-state index in [4.69, 9.17) is 9.47 Å². The number of nitrogens with zero attached hydrogens (tertiary/aromatic N) is 4. The third-order valence-corrected chi connectivity index (χ3v) is 5.85. The number of hydrogen-bond acceptors (Lipinski definition) is 6. The molecule has 32 heavy (non-hydrogen) atoms. The first kappa shape index (κ1) is 24.0. The van der Waals surface area contributed by atoms with Gasteiger partial charge in [-0.2, -0.15) is 4.68 Å². The molecule has 1 fully saturated rings. The van der Waals surface area contributed by atoms with Crippen molar-refractivity contribution in [2.75, 3.05) is 7.11 Å². The van der Waals surface area contributed by atoms with Crippen molar-refractivity contribution in [1.82, 2.24) is 25.5 Å². The summed E-state index contributed by atoms with van der Waals surface area (Å²) in [5.41, 5.74) is 3.28. The van der Waals surface area contributed by atoms with Gasteiger partial charge in [-0.3, -0.25) is 0 Å². The van der Waals surface area contributed by atoms with E-state index >= 15 is 0 Å². The highest BCUT2D eigenvalue weighted by atomic mass is 35.5. The molecule has 0 amide bonds. The van der Waals surface area contributed by atoms with Gasteiger partial charge < -0.3 is 14.8 Å². The van der Waals surface area contributed by atoms with E-state index in [1.165, 1.54) is 49.7 Å². The molecule has 3 aromatic rings. The molecule has 4 rings (SSSR count). The summed E-state index contributed by atoms with van der Waals surface area (Å²) in [4.78, 5) is 0. The van der Waals surface area contributed by atoms with Crippen molar-refractivity contribution in [1.29, 1.82) is 0 Å². The summed E-state index contributed by atoms with van der Waals surface area (Å²) >= 11 is 0. The van der Waals surface area contributed by atoms with Crippen LogP contribution < -0.4 is 14.8 Å². The van der Waals surface area contributed by atoms with Crippen LogP contribution in [0.25, 0.3) is 5.69 Å². The minimum Gasteiger partial charge on any atom is -0.493 e. The van der Waals surface area contributed by atoms with Crippen molar-refractivity contribution in [3.05, 3.63) is 59.4 Å². The summed E-state index contributed by atoms with van der Waals surface area (Å²) in [6.07, 6.45) is 7.93. The van der Waals surface area contributed by atoms with Crippen molar-refractivity contribution >= 4 is 12.4 Å². The van der Waals surface area contributed by atoms with E-state index in [0.717, 1.165) is 18.0 Å². The van der Waals surface area contributed by atoms with Gasteiger partial charge in [0.15, 0.2) is 23.9 Å². The maximum absolute atomic E-state index is 6.02. The minimum absolute atomic E-state index is 0. The average Bonchev–Trinajstić information content (AvgIpc) is 3.11. The summed E-state index contributed by atoms with van der Waals surface area (Å²) in [5, 5.41) is 15.7. The molecule has 0 spiro atoms. The second-order valence-electron chi connectivity index (χ2n) is 8.19. The molecule has 1 heterocycles. The third kappa shape index (κ3) is 6.20. The van der Waals surface area contributed by atoms with Gasteiger partial charge in [-0.25, -0.2) is 0 Å². The van der Waals surface area contributed by atoms with Crippen molar-refractivity contribution in [2.45, 2.75) is 64.6 Å². The number of hydrogen-bond donors (Lipinski definition) is 1. The number of ether oxygens (including phenoxy) is 2. The van der Waals surface area contributed by atoms with Crippen LogP contribution in [0.15, 0.2) is 42.5 Å². The van der Waals surface area contributed by atoms with Crippen LogP contribution in [0.5, 0.6) is 11.5 Å². The van der Waals surface area contributed by atoms with Crippen LogP contribution in [0.3, 0.4) is 0 Å². The van der Waals surface area contributed by atoms with Gasteiger partial charge in [0.1, 0.15) is 0 Å². The fourth-order valence-corrected chi connectivity index (χ4v) is 4.01. The predicted molar refractivity (Wildman–Crippen MR) is 127 cm³/mol. The highest BCUT2D eigenvalue weighted by Crippen LogP contribution is 2.29. The summed E-state index contributed by atoms with van der Waals surface area (Å²) in [5.74, 6) is 2.03. The second kappa shape index (κ2) is 11.8. The lowest BCUT2D eigenvalue weighted by molar-refractivity contribution is 0.273. The molecule has 1 saturated carbocycles. The first-order chi connectivity index (χ1) is 15.2. The molecule has 1 aromatic heterocycles. The predicted octanol–water partition coefficient (Wildman–Crippen LogP) is 4.79. The molecule has 0 unspecified atom stereocenters. The Balaban J connectivity index is 0.00000289. The van der Waals surface area contributed by atoms with Gasteiger partial charge in [-0.05, 0) is 60.0 Å². The van der Waals surface area contributed by atoms with Crippen molar-refractivity contribution < 1.29 is 9.47 Å². The fourth-order valence-electron chi connectivity index (χ4n) is 4.01. The Bertz CT molecular complexity index is 969. The Kier molecular flexibility index (Phi) is 8.88. The first-order valence-corrected chi connectivity index (χ1v) is 11.1. The molecular weight excluding hydrogens is 426 g/mol. The van der Waals surface area contributed by atoms with Crippen LogP contribution in [0.2, 0.25) is 0 Å². The SMILES string of the molecule is COc1cc(CNC2CCCCCC2)ccc1OCc1nnnn1-c1ccc(C)cc1.Cl. The van der Waals surface area contributed by atoms with Crippen LogP contribution in [-0.2, 0) is 13.2 Å². The smallest absolute Gasteiger partial charge is 0.194 e. The molecule has 0 radical (unpaired) electrons. The molecule has 2 aromatic carbocycles. The topological polar surface area (TPSA) is 74.1 Å². The molecule has 0 saturated heterocycles. The molecule has 0 bridgehead atoms. The Morgan fingerprint density at radius 3 is 2.47 bits per heavy atom. The largest absolute Gasteiger partial charge is 0.493 e. The lowest BCUT2D eigenvalue weighted by Gasteiger charge is -2.17. The molecule has 1 aliphatic carbocycles. The molecule has 7 nitrogen and oxygen atoms in total. The Morgan fingerprint density at radius 2 is 1.75 bits per heavy atom. The molecule has 0 atom stereocenters. The van der Waals surface area contributed by atoms with E-state index in [2.05, 4.69) is 33.8 Å². The summed E-state index contributed by atoms with van der Waals surface area (Å²) in [6.45, 7) is 3.14. The monoisotopic (exact) mass is 457 g/mol. The number of methoxy groups -OCH3 is 1.